The van der Waals surface area contributed by atoms with E-state index in [1.165, 1.54) is 10.4 Å². The Labute approximate surface area is 124 Å². The molecule has 0 radical (unpaired) electrons. The van der Waals surface area contributed by atoms with E-state index in [1.54, 1.807) is 11.3 Å². The Kier molecular flexibility index (Phi) is 5.74. The van der Waals surface area contributed by atoms with Crippen molar-refractivity contribution in [2.45, 2.75) is 39.2 Å². The second kappa shape index (κ2) is 7.80. The number of benzene rings is 1. The fourth-order valence-corrected chi connectivity index (χ4v) is 2.81. The van der Waals surface area contributed by atoms with Gasteiger partial charge in [0.2, 0.25) is 5.91 Å². The average molecular weight is 288 g/mol. The van der Waals surface area contributed by atoms with Crippen molar-refractivity contribution >= 4 is 17.2 Å². The minimum absolute atomic E-state index is 0.117. The molecule has 106 valence electrons. The van der Waals surface area contributed by atoms with Crippen molar-refractivity contribution in [3.05, 3.63) is 52.0 Å². The number of thiazole rings is 1. The first-order valence-electron chi connectivity index (χ1n) is 7.02. The molecule has 0 spiro atoms. The molecule has 0 aliphatic heterocycles. The van der Waals surface area contributed by atoms with Crippen LogP contribution in [0, 0.1) is 0 Å². The fraction of sp³-hybridized carbons (Fsp3) is 0.375. The largest absolute Gasteiger partial charge is 0.350 e. The molecular formula is C16H20N2OS. The molecule has 2 aromatic rings. The van der Waals surface area contributed by atoms with E-state index in [1.807, 2.05) is 24.4 Å². The number of rotatable bonds is 7. The Balaban J connectivity index is 1.82. The number of aromatic nitrogens is 1. The first-order chi connectivity index (χ1) is 9.78. The molecule has 1 aromatic heterocycles. The van der Waals surface area contributed by atoms with Crippen molar-refractivity contribution in [3.8, 4) is 0 Å². The molecule has 0 bridgehead atoms. The predicted octanol–water partition coefficient (Wildman–Crippen LogP) is 3.54. The fourth-order valence-electron chi connectivity index (χ4n) is 1.91. The van der Waals surface area contributed by atoms with Crippen molar-refractivity contribution in [2.24, 2.45) is 0 Å². The van der Waals surface area contributed by atoms with Gasteiger partial charge in [-0.05, 0) is 12.0 Å². The highest BCUT2D eigenvalue weighted by molar-refractivity contribution is 7.11. The summed E-state index contributed by atoms with van der Waals surface area (Å²) in [5.74, 6) is 0.117. The van der Waals surface area contributed by atoms with Gasteiger partial charge in [0.05, 0.1) is 6.54 Å². The summed E-state index contributed by atoms with van der Waals surface area (Å²) in [6.07, 6.45) is 5.42. The molecule has 3 nitrogen and oxygen atoms in total. The zero-order valence-electron chi connectivity index (χ0n) is 11.8. The smallest absolute Gasteiger partial charge is 0.220 e. The molecule has 1 aromatic carbocycles. The molecule has 0 unspecified atom stereocenters. The SMILES string of the molecule is CCCCC(=O)NCc1ncc(Cc2ccccc2)s1. The van der Waals surface area contributed by atoms with E-state index in [-0.39, 0.29) is 5.91 Å². The molecule has 0 aliphatic rings. The molecule has 1 amide bonds. The van der Waals surface area contributed by atoms with Gasteiger partial charge in [0.1, 0.15) is 5.01 Å². The van der Waals surface area contributed by atoms with Crippen LogP contribution < -0.4 is 5.32 Å². The Bertz CT molecular complexity index is 536. The van der Waals surface area contributed by atoms with E-state index in [0.717, 1.165) is 24.3 Å². The van der Waals surface area contributed by atoms with Crippen LogP contribution >= 0.6 is 11.3 Å². The zero-order chi connectivity index (χ0) is 14.2. The highest BCUT2D eigenvalue weighted by Crippen LogP contribution is 2.17. The van der Waals surface area contributed by atoms with Crippen LogP contribution in [0.3, 0.4) is 0 Å². The van der Waals surface area contributed by atoms with Gasteiger partial charge >= 0.3 is 0 Å². The van der Waals surface area contributed by atoms with Crippen molar-refractivity contribution < 1.29 is 4.79 Å². The lowest BCUT2D eigenvalue weighted by Gasteiger charge is -2.01. The number of carbonyl (C=O) groups excluding carboxylic acids is 1. The molecule has 2 rings (SSSR count). The van der Waals surface area contributed by atoms with Crippen molar-refractivity contribution in [3.63, 3.8) is 0 Å². The number of nitrogens with one attached hydrogen (secondary N) is 1. The molecule has 4 heteroatoms. The normalized spacial score (nSPS) is 10.4. The molecular weight excluding hydrogens is 268 g/mol. The lowest BCUT2D eigenvalue weighted by molar-refractivity contribution is -0.121. The standard InChI is InChI=1S/C16H20N2OS/c1-2-3-9-15(19)17-12-16-18-11-14(20-16)10-13-7-5-4-6-8-13/h4-8,11H,2-3,9-10,12H2,1H3,(H,17,19). The van der Waals surface area contributed by atoms with E-state index in [2.05, 4.69) is 29.4 Å². The Morgan fingerprint density at radius 1 is 1.30 bits per heavy atom. The Morgan fingerprint density at radius 3 is 2.85 bits per heavy atom. The van der Waals surface area contributed by atoms with Gasteiger partial charge in [0.15, 0.2) is 0 Å². The quantitative estimate of drug-likeness (QED) is 0.846. The number of nitrogens with zero attached hydrogens (tertiary/aromatic N) is 1. The first-order valence-corrected chi connectivity index (χ1v) is 7.83. The molecule has 0 aliphatic carbocycles. The van der Waals surface area contributed by atoms with Gasteiger partial charge < -0.3 is 5.32 Å². The van der Waals surface area contributed by atoms with Crippen LogP contribution in [0.2, 0.25) is 0 Å². The lowest BCUT2D eigenvalue weighted by Crippen LogP contribution is -2.22. The van der Waals surface area contributed by atoms with Crippen LogP contribution in [-0.2, 0) is 17.8 Å². The van der Waals surface area contributed by atoms with Gasteiger partial charge in [0, 0.05) is 23.9 Å². The molecule has 0 atom stereocenters. The average Bonchev–Trinajstić information content (AvgIpc) is 2.91. The molecule has 0 fully saturated rings. The molecule has 20 heavy (non-hydrogen) atoms. The minimum atomic E-state index is 0.117. The number of carbonyl (C=O) groups is 1. The summed E-state index contributed by atoms with van der Waals surface area (Å²) in [4.78, 5) is 17.1. The van der Waals surface area contributed by atoms with E-state index in [0.29, 0.717) is 13.0 Å². The van der Waals surface area contributed by atoms with E-state index < -0.39 is 0 Å². The lowest BCUT2D eigenvalue weighted by atomic mass is 10.1. The predicted molar refractivity (Wildman–Crippen MR) is 82.7 cm³/mol. The number of hydrogen-bond acceptors (Lipinski definition) is 3. The maximum atomic E-state index is 11.5. The van der Waals surface area contributed by atoms with Crippen LogP contribution in [0.1, 0.15) is 41.6 Å². The highest BCUT2D eigenvalue weighted by Gasteiger charge is 2.05. The van der Waals surface area contributed by atoms with E-state index in [9.17, 15) is 4.79 Å². The third kappa shape index (κ3) is 4.78. The summed E-state index contributed by atoms with van der Waals surface area (Å²) >= 11 is 1.67. The second-order valence-electron chi connectivity index (χ2n) is 4.76. The summed E-state index contributed by atoms with van der Waals surface area (Å²) in [6, 6.07) is 10.3. The van der Waals surface area contributed by atoms with E-state index in [4.69, 9.17) is 0 Å². The number of unbranched alkanes of at least 4 members (excludes halogenated alkanes) is 1. The van der Waals surface area contributed by atoms with Crippen LogP contribution in [0.15, 0.2) is 36.5 Å². The minimum Gasteiger partial charge on any atom is -0.350 e. The summed E-state index contributed by atoms with van der Waals surface area (Å²) in [7, 11) is 0. The van der Waals surface area contributed by atoms with Crippen LogP contribution in [-0.4, -0.2) is 10.9 Å². The summed E-state index contributed by atoms with van der Waals surface area (Å²) in [5, 5.41) is 3.89. The maximum absolute atomic E-state index is 11.5. The van der Waals surface area contributed by atoms with Crippen LogP contribution in [0.25, 0.3) is 0 Å². The van der Waals surface area contributed by atoms with Gasteiger partial charge in [-0.15, -0.1) is 11.3 Å². The van der Waals surface area contributed by atoms with Gasteiger partial charge in [-0.2, -0.15) is 0 Å². The first kappa shape index (κ1) is 14.7. The Hall–Kier alpha value is -1.68. The van der Waals surface area contributed by atoms with Crippen LogP contribution in [0.4, 0.5) is 0 Å². The Morgan fingerprint density at radius 2 is 2.10 bits per heavy atom. The topological polar surface area (TPSA) is 42.0 Å². The number of hydrogen-bond donors (Lipinski definition) is 1. The zero-order valence-corrected chi connectivity index (χ0v) is 12.6. The molecule has 0 saturated heterocycles. The monoisotopic (exact) mass is 288 g/mol. The van der Waals surface area contributed by atoms with Gasteiger partial charge in [0.25, 0.3) is 0 Å². The summed E-state index contributed by atoms with van der Waals surface area (Å²) in [5.41, 5.74) is 1.29. The third-order valence-electron chi connectivity index (χ3n) is 3.02. The summed E-state index contributed by atoms with van der Waals surface area (Å²) in [6.45, 7) is 2.63. The van der Waals surface area contributed by atoms with Gasteiger partial charge in [-0.3, -0.25) is 4.79 Å². The molecule has 1 heterocycles. The summed E-state index contributed by atoms with van der Waals surface area (Å²) < 4.78 is 0. The second-order valence-corrected chi connectivity index (χ2v) is 5.96. The van der Waals surface area contributed by atoms with Gasteiger partial charge in [-0.25, -0.2) is 4.98 Å². The molecule has 1 N–H and O–H groups in total. The maximum Gasteiger partial charge on any atom is 0.220 e. The number of amides is 1. The third-order valence-corrected chi connectivity index (χ3v) is 4.01. The van der Waals surface area contributed by atoms with Crippen molar-refractivity contribution in [1.29, 1.82) is 0 Å². The highest BCUT2D eigenvalue weighted by atomic mass is 32.1. The van der Waals surface area contributed by atoms with E-state index >= 15 is 0 Å². The van der Waals surface area contributed by atoms with Crippen molar-refractivity contribution in [1.82, 2.24) is 10.3 Å². The molecule has 0 saturated carbocycles. The van der Waals surface area contributed by atoms with Gasteiger partial charge in [-0.1, -0.05) is 43.7 Å². The van der Waals surface area contributed by atoms with Crippen molar-refractivity contribution in [2.75, 3.05) is 0 Å². The van der Waals surface area contributed by atoms with Crippen LogP contribution in [0.5, 0.6) is 0 Å².